The highest BCUT2D eigenvalue weighted by atomic mass is 16.3. The van der Waals surface area contributed by atoms with Gasteiger partial charge in [0.25, 0.3) is 0 Å². The molecular formula is C15H26N2O. The topological polar surface area (TPSA) is 38.1 Å². The van der Waals surface area contributed by atoms with Crippen LogP contribution in [0.15, 0.2) is 6.07 Å². The first-order valence-corrected chi connectivity index (χ1v) is 7.27. The molecule has 1 aliphatic carbocycles. The second kappa shape index (κ2) is 5.87. The Labute approximate surface area is 110 Å². The van der Waals surface area contributed by atoms with Gasteiger partial charge in [-0.05, 0) is 50.5 Å². The van der Waals surface area contributed by atoms with Crippen LogP contribution in [0.3, 0.4) is 0 Å². The Balaban J connectivity index is 2.00. The van der Waals surface area contributed by atoms with E-state index in [4.69, 9.17) is 0 Å². The zero-order chi connectivity index (χ0) is 13.1. The van der Waals surface area contributed by atoms with Gasteiger partial charge in [-0.1, -0.05) is 19.8 Å². The quantitative estimate of drug-likeness (QED) is 0.892. The van der Waals surface area contributed by atoms with Gasteiger partial charge < -0.3 is 5.11 Å². The van der Waals surface area contributed by atoms with Gasteiger partial charge in [0.1, 0.15) is 0 Å². The van der Waals surface area contributed by atoms with Crippen molar-refractivity contribution in [3.05, 3.63) is 17.5 Å². The van der Waals surface area contributed by atoms with Crippen LogP contribution in [0.4, 0.5) is 0 Å². The molecule has 1 N–H and O–H groups in total. The van der Waals surface area contributed by atoms with E-state index in [0.29, 0.717) is 5.92 Å². The molecule has 102 valence electrons. The average molecular weight is 250 g/mol. The molecule has 3 nitrogen and oxygen atoms in total. The molecule has 1 fully saturated rings. The highest BCUT2D eigenvalue weighted by Gasteiger charge is 2.29. The van der Waals surface area contributed by atoms with Crippen LogP contribution in [-0.4, -0.2) is 21.0 Å². The van der Waals surface area contributed by atoms with Gasteiger partial charge in [0, 0.05) is 12.7 Å². The van der Waals surface area contributed by atoms with Crippen molar-refractivity contribution in [3.63, 3.8) is 0 Å². The molecule has 18 heavy (non-hydrogen) atoms. The zero-order valence-corrected chi connectivity index (χ0v) is 11.9. The van der Waals surface area contributed by atoms with Crippen LogP contribution >= 0.6 is 0 Å². The lowest BCUT2D eigenvalue weighted by Crippen LogP contribution is -2.31. The van der Waals surface area contributed by atoms with E-state index in [2.05, 4.69) is 18.1 Å². The first-order valence-electron chi connectivity index (χ1n) is 7.27. The van der Waals surface area contributed by atoms with E-state index in [1.807, 2.05) is 18.7 Å². The van der Waals surface area contributed by atoms with Crippen molar-refractivity contribution in [2.75, 3.05) is 0 Å². The Bertz CT molecular complexity index is 386. The van der Waals surface area contributed by atoms with Crippen molar-refractivity contribution in [2.24, 2.45) is 18.9 Å². The minimum absolute atomic E-state index is 0.117. The van der Waals surface area contributed by atoms with Crippen LogP contribution in [0, 0.1) is 18.8 Å². The summed E-state index contributed by atoms with van der Waals surface area (Å²) >= 11 is 0. The van der Waals surface area contributed by atoms with Gasteiger partial charge in [0.2, 0.25) is 0 Å². The van der Waals surface area contributed by atoms with E-state index in [1.165, 1.54) is 31.4 Å². The highest BCUT2D eigenvalue weighted by Crippen LogP contribution is 2.34. The van der Waals surface area contributed by atoms with E-state index in [0.717, 1.165) is 24.5 Å². The van der Waals surface area contributed by atoms with Crippen molar-refractivity contribution in [3.8, 4) is 0 Å². The fourth-order valence-electron chi connectivity index (χ4n) is 3.36. The van der Waals surface area contributed by atoms with Crippen molar-refractivity contribution in [2.45, 2.75) is 58.5 Å². The number of hydrogen-bond acceptors (Lipinski definition) is 2. The van der Waals surface area contributed by atoms with Gasteiger partial charge >= 0.3 is 0 Å². The largest absolute Gasteiger partial charge is 0.393 e. The van der Waals surface area contributed by atoms with Gasteiger partial charge in [-0.2, -0.15) is 5.10 Å². The predicted octanol–water partition coefficient (Wildman–Crippen LogP) is 2.85. The van der Waals surface area contributed by atoms with E-state index < -0.39 is 0 Å². The summed E-state index contributed by atoms with van der Waals surface area (Å²) in [4.78, 5) is 0. The third kappa shape index (κ3) is 3.14. The van der Waals surface area contributed by atoms with Crippen LogP contribution < -0.4 is 0 Å². The van der Waals surface area contributed by atoms with E-state index in [9.17, 15) is 5.11 Å². The van der Waals surface area contributed by atoms with Gasteiger partial charge in [0.05, 0.1) is 11.8 Å². The number of nitrogens with zero attached hydrogens (tertiary/aromatic N) is 2. The Kier molecular flexibility index (Phi) is 4.44. The van der Waals surface area contributed by atoms with Gasteiger partial charge in [-0.25, -0.2) is 0 Å². The summed E-state index contributed by atoms with van der Waals surface area (Å²) < 4.78 is 1.96. The molecule has 3 unspecified atom stereocenters. The fraction of sp³-hybridized carbons (Fsp3) is 0.800. The Morgan fingerprint density at radius 1 is 1.44 bits per heavy atom. The molecule has 3 heteroatoms. The summed E-state index contributed by atoms with van der Waals surface area (Å²) in [6.07, 6.45) is 6.79. The number of aromatic nitrogens is 2. The smallest absolute Gasteiger partial charge is 0.0596 e. The molecule has 1 aliphatic rings. The number of aliphatic hydroxyl groups is 1. The number of hydrogen-bond donors (Lipinski definition) is 1. The molecule has 3 atom stereocenters. The molecule has 1 aromatic rings. The third-order valence-corrected chi connectivity index (χ3v) is 4.32. The van der Waals surface area contributed by atoms with Crippen LogP contribution in [0.25, 0.3) is 0 Å². The van der Waals surface area contributed by atoms with Crippen molar-refractivity contribution in [1.82, 2.24) is 9.78 Å². The van der Waals surface area contributed by atoms with Gasteiger partial charge in [0.15, 0.2) is 0 Å². The monoisotopic (exact) mass is 250 g/mol. The van der Waals surface area contributed by atoms with Gasteiger partial charge in [-0.3, -0.25) is 4.68 Å². The maximum absolute atomic E-state index is 10.2. The summed E-state index contributed by atoms with van der Waals surface area (Å²) in [5.41, 5.74) is 2.33. The lowest BCUT2D eigenvalue weighted by atomic mass is 9.76. The summed E-state index contributed by atoms with van der Waals surface area (Å²) in [5.74, 6) is 1.24. The van der Waals surface area contributed by atoms with Crippen LogP contribution in [0.2, 0.25) is 0 Å². The summed E-state index contributed by atoms with van der Waals surface area (Å²) in [6, 6.07) is 2.15. The number of aryl methyl sites for hydroxylation is 2. The van der Waals surface area contributed by atoms with Crippen molar-refractivity contribution >= 4 is 0 Å². The molecule has 0 aliphatic heterocycles. The third-order valence-electron chi connectivity index (χ3n) is 4.32. The van der Waals surface area contributed by atoms with Crippen LogP contribution in [-0.2, 0) is 13.5 Å². The molecule has 1 saturated carbocycles. The molecule has 0 amide bonds. The predicted molar refractivity (Wildman–Crippen MR) is 73.4 cm³/mol. The minimum Gasteiger partial charge on any atom is -0.393 e. The molecule has 0 bridgehead atoms. The standard InChI is InChI=1S/C15H26N2O/c1-4-5-12-6-7-15(18)13(9-12)10-14-8-11(2)16-17(14)3/h8,12-13,15,18H,4-7,9-10H2,1-3H3. The maximum Gasteiger partial charge on any atom is 0.0596 e. The second-order valence-corrected chi connectivity index (χ2v) is 5.90. The Morgan fingerprint density at radius 2 is 2.22 bits per heavy atom. The first-order chi connectivity index (χ1) is 8.60. The number of aliphatic hydroxyl groups excluding tert-OH is 1. The van der Waals surface area contributed by atoms with E-state index >= 15 is 0 Å². The molecule has 1 aromatic heterocycles. The molecule has 0 aromatic carbocycles. The Morgan fingerprint density at radius 3 is 2.83 bits per heavy atom. The summed E-state index contributed by atoms with van der Waals surface area (Å²) in [7, 11) is 2.00. The zero-order valence-electron chi connectivity index (χ0n) is 11.9. The van der Waals surface area contributed by atoms with Crippen LogP contribution in [0.5, 0.6) is 0 Å². The lowest BCUT2D eigenvalue weighted by molar-refractivity contribution is 0.0454. The van der Waals surface area contributed by atoms with E-state index in [1.54, 1.807) is 0 Å². The lowest BCUT2D eigenvalue weighted by Gasteiger charge is -2.33. The SMILES string of the molecule is CCCC1CCC(O)C(Cc2cc(C)nn2C)C1. The molecule has 1 heterocycles. The molecule has 0 radical (unpaired) electrons. The van der Waals surface area contributed by atoms with Crippen molar-refractivity contribution < 1.29 is 5.11 Å². The molecule has 0 spiro atoms. The molecule has 0 saturated heterocycles. The molecule has 2 rings (SSSR count). The highest BCUT2D eigenvalue weighted by molar-refractivity contribution is 5.10. The van der Waals surface area contributed by atoms with Crippen LogP contribution in [0.1, 0.15) is 50.4 Å². The number of rotatable bonds is 4. The summed E-state index contributed by atoms with van der Waals surface area (Å²) in [6.45, 7) is 4.28. The normalized spacial score (nSPS) is 28.6. The fourth-order valence-corrected chi connectivity index (χ4v) is 3.36. The maximum atomic E-state index is 10.2. The molecular weight excluding hydrogens is 224 g/mol. The Hall–Kier alpha value is -0.830. The first kappa shape index (κ1) is 13.6. The summed E-state index contributed by atoms with van der Waals surface area (Å²) in [5, 5.41) is 14.6. The average Bonchev–Trinajstić information content (AvgIpc) is 2.62. The van der Waals surface area contributed by atoms with E-state index in [-0.39, 0.29) is 6.10 Å². The second-order valence-electron chi connectivity index (χ2n) is 5.90. The van der Waals surface area contributed by atoms with Crippen molar-refractivity contribution in [1.29, 1.82) is 0 Å². The van der Waals surface area contributed by atoms with Gasteiger partial charge in [-0.15, -0.1) is 0 Å². The minimum atomic E-state index is -0.117.